The minimum atomic E-state index is -4.09. The van der Waals surface area contributed by atoms with Gasteiger partial charge < -0.3 is 26.8 Å². The number of carbonyl (C=O) groups excluding carboxylic acids is 1. The van der Waals surface area contributed by atoms with Gasteiger partial charge in [0.1, 0.15) is 0 Å². The molecule has 0 aliphatic rings. The summed E-state index contributed by atoms with van der Waals surface area (Å²) in [5.74, 6) is 0. The van der Waals surface area contributed by atoms with Crippen LogP contribution >= 0.6 is 0 Å². The number of anilines is 1. The summed E-state index contributed by atoms with van der Waals surface area (Å²) in [6, 6.07) is 17.4. The maximum atomic E-state index is 11.2. The molecule has 0 bridgehead atoms. The number of H-pyrrole nitrogens is 1. The van der Waals surface area contributed by atoms with E-state index in [1.165, 1.54) is 17.7 Å². The van der Waals surface area contributed by atoms with Gasteiger partial charge in [0, 0.05) is 29.8 Å². The Kier molecular flexibility index (Phi) is 8.33. The van der Waals surface area contributed by atoms with Crippen molar-refractivity contribution in [2.24, 2.45) is 5.73 Å². The van der Waals surface area contributed by atoms with Gasteiger partial charge >= 0.3 is 6.03 Å². The van der Waals surface area contributed by atoms with Crippen LogP contribution in [0.25, 0.3) is 21.7 Å². The van der Waals surface area contributed by atoms with Gasteiger partial charge in [-0.3, -0.25) is 4.55 Å². The first-order valence-electron chi connectivity index (χ1n) is 9.57. The summed E-state index contributed by atoms with van der Waals surface area (Å²) >= 11 is 0. The number of amides is 2. The van der Waals surface area contributed by atoms with Crippen molar-refractivity contribution < 1.29 is 23.2 Å². The first-order valence-corrected chi connectivity index (χ1v) is 11.0. The van der Waals surface area contributed by atoms with E-state index >= 15 is 0 Å². The number of hydrogen-bond acceptors (Lipinski definition) is 4. The van der Waals surface area contributed by atoms with E-state index in [9.17, 15) is 13.2 Å². The van der Waals surface area contributed by atoms with Crippen molar-refractivity contribution in [3.63, 3.8) is 0 Å². The molecule has 3 aromatic carbocycles. The van der Waals surface area contributed by atoms with E-state index in [4.69, 9.17) is 10.3 Å². The van der Waals surface area contributed by atoms with E-state index in [1.54, 1.807) is 19.2 Å². The molecule has 0 aliphatic carbocycles. The molecule has 0 fully saturated rings. The maximum Gasteiger partial charge on any atom is 0.318 e. The zero-order valence-corrected chi connectivity index (χ0v) is 18.2. The molecular weight excluding hydrogens is 432 g/mol. The number of aromatic amines is 1. The number of urea groups is 1. The third-order valence-electron chi connectivity index (χ3n) is 4.68. The Balaban J connectivity index is 0.000000224. The molecule has 8 N–H and O–H groups in total. The summed E-state index contributed by atoms with van der Waals surface area (Å²) in [7, 11) is -2.51. The first kappa shape index (κ1) is 24.8. The zero-order valence-electron chi connectivity index (χ0n) is 17.4. The minimum Gasteiger partial charge on any atom is -0.412 e. The Morgan fingerprint density at radius 2 is 1.78 bits per heavy atom. The minimum absolute atomic E-state index is 0. The van der Waals surface area contributed by atoms with Crippen LogP contribution in [0.2, 0.25) is 0 Å². The standard InChI is InChI=1S/C12H16N4O.C10H8O3S.H2O/c1-14-12(17)16-9-2-3-11-10(6-9)8(4-5-13)7-15-11;11-14(12,13)10-6-5-8-3-1-2-4-9(8)7-10;/h2-3,6-7,15H,4-5,13H2,1H3,(H2,14,16,17);1-7H,(H,11,12,13);1H2. The predicted molar refractivity (Wildman–Crippen MR) is 127 cm³/mol. The molecule has 170 valence electrons. The number of aromatic nitrogens is 1. The SMILES string of the molecule is CNC(=O)Nc1ccc2[nH]cc(CCN)c2c1.O.O=S(=O)(O)c1ccc2ccccc2c1. The van der Waals surface area contributed by atoms with Crippen molar-refractivity contribution in [1.29, 1.82) is 0 Å². The lowest BCUT2D eigenvalue weighted by Crippen LogP contribution is -2.24. The van der Waals surface area contributed by atoms with Crippen LogP contribution in [0, 0.1) is 0 Å². The third kappa shape index (κ3) is 6.05. The number of nitrogens with two attached hydrogens (primary N) is 1. The summed E-state index contributed by atoms with van der Waals surface area (Å²) in [5, 5.41) is 8.10. The fourth-order valence-electron chi connectivity index (χ4n) is 3.14. The van der Waals surface area contributed by atoms with Gasteiger partial charge in [-0.05, 0) is 59.6 Å². The van der Waals surface area contributed by atoms with Crippen molar-refractivity contribution in [2.45, 2.75) is 11.3 Å². The number of fused-ring (bicyclic) bond motifs is 2. The molecule has 0 saturated heterocycles. The lowest BCUT2D eigenvalue weighted by atomic mass is 10.1. The molecule has 0 saturated carbocycles. The number of rotatable bonds is 4. The zero-order chi connectivity index (χ0) is 22.4. The Bertz CT molecular complexity index is 1320. The second-order valence-corrected chi connectivity index (χ2v) is 8.22. The van der Waals surface area contributed by atoms with E-state index < -0.39 is 10.1 Å². The molecule has 10 heteroatoms. The molecule has 2 amide bonds. The Morgan fingerprint density at radius 1 is 1.06 bits per heavy atom. The molecule has 1 aromatic heterocycles. The van der Waals surface area contributed by atoms with E-state index in [1.807, 2.05) is 42.6 Å². The summed E-state index contributed by atoms with van der Waals surface area (Å²) in [6.07, 6.45) is 2.78. The van der Waals surface area contributed by atoms with Crippen LogP contribution in [0.3, 0.4) is 0 Å². The van der Waals surface area contributed by atoms with Gasteiger partial charge in [-0.25, -0.2) is 4.79 Å². The lowest BCUT2D eigenvalue weighted by molar-refractivity contribution is 0.254. The molecule has 0 radical (unpaired) electrons. The highest BCUT2D eigenvalue weighted by Gasteiger charge is 2.09. The smallest absolute Gasteiger partial charge is 0.318 e. The van der Waals surface area contributed by atoms with Gasteiger partial charge in [-0.1, -0.05) is 30.3 Å². The quantitative estimate of drug-likeness (QED) is 0.296. The number of carbonyl (C=O) groups is 1. The maximum absolute atomic E-state index is 11.2. The lowest BCUT2D eigenvalue weighted by Gasteiger charge is -2.05. The van der Waals surface area contributed by atoms with E-state index in [0.29, 0.717) is 6.54 Å². The Labute approximate surface area is 185 Å². The summed E-state index contributed by atoms with van der Waals surface area (Å²) in [5.41, 5.74) is 8.55. The van der Waals surface area contributed by atoms with E-state index in [2.05, 4.69) is 15.6 Å². The highest BCUT2D eigenvalue weighted by atomic mass is 32.2. The molecule has 0 aliphatic heterocycles. The van der Waals surface area contributed by atoms with Crippen molar-refractivity contribution in [2.75, 3.05) is 18.9 Å². The van der Waals surface area contributed by atoms with Gasteiger partial charge in [-0.2, -0.15) is 8.42 Å². The normalized spacial score (nSPS) is 10.7. The topological polar surface area (TPSA) is 169 Å². The largest absolute Gasteiger partial charge is 0.412 e. The van der Waals surface area contributed by atoms with Crippen LogP contribution in [0.4, 0.5) is 10.5 Å². The molecule has 0 unspecified atom stereocenters. The Hall–Kier alpha value is -3.44. The average molecular weight is 459 g/mol. The predicted octanol–water partition coefficient (Wildman–Crippen LogP) is 2.68. The summed E-state index contributed by atoms with van der Waals surface area (Å²) in [4.78, 5) is 14.3. The van der Waals surface area contributed by atoms with Gasteiger partial charge in [0.15, 0.2) is 0 Å². The van der Waals surface area contributed by atoms with Crippen molar-refractivity contribution in [1.82, 2.24) is 10.3 Å². The molecule has 4 rings (SSSR count). The number of hydrogen-bond donors (Lipinski definition) is 5. The van der Waals surface area contributed by atoms with Gasteiger partial charge in [-0.15, -0.1) is 0 Å². The highest BCUT2D eigenvalue weighted by Crippen LogP contribution is 2.22. The molecule has 32 heavy (non-hydrogen) atoms. The Morgan fingerprint density at radius 3 is 2.44 bits per heavy atom. The van der Waals surface area contributed by atoms with Crippen molar-refractivity contribution in [3.05, 3.63) is 72.4 Å². The van der Waals surface area contributed by atoms with E-state index in [-0.39, 0.29) is 16.4 Å². The molecule has 0 atom stereocenters. The molecule has 0 spiro atoms. The van der Waals surface area contributed by atoms with Crippen LogP contribution < -0.4 is 16.4 Å². The van der Waals surface area contributed by atoms with Crippen LogP contribution in [0.1, 0.15) is 5.56 Å². The third-order valence-corrected chi connectivity index (χ3v) is 5.53. The molecular formula is C22H26N4O5S. The van der Waals surface area contributed by atoms with Crippen LogP contribution in [-0.4, -0.2) is 43.1 Å². The monoisotopic (exact) mass is 458 g/mol. The van der Waals surface area contributed by atoms with Crippen molar-refractivity contribution >= 4 is 43.5 Å². The van der Waals surface area contributed by atoms with Crippen LogP contribution in [-0.2, 0) is 16.5 Å². The second-order valence-electron chi connectivity index (χ2n) is 6.80. The summed E-state index contributed by atoms with van der Waals surface area (Å²) in [6.45, 7) is 0.611. The average Bonchev–Trinajstić information content (AvgIpc) is 3.15. The van der Waals surface area contributed by atoms with Gasteiger partial charge in [0.2, 0.25) is 0 Å². The first-order chi connectivity index (χ1) is 14.8. The fraction of sp³-hybridized carbons (Fsp3) is 0.136. The second kappa shape index (κ2) is 10.7. The number of benzene rings is 3. The van der Waals surface area contributed by atoms with E-state index in [0.717, 1.165) is 33.8 Å². The molecule has 1 heterocycles. The van der Waals surface area contributed by atoms with Gasteiger partial charge in [0.25, 0.3) is 10.1 Å². The van der Waals surface area contributed by atoms with Crippen LogP contribution in [0.5, 0.6) is 0 Å². The van der Waals surface area contributed by atoms with Gasteiger partial charge in [0.05, 0.1) is 4.90 Å². The molecule has 4 aromatic rings. The fourth-order valence-corrected chi connectivity index (χ4v) is 3.66. The highest BCUT2D eigenvalue weighted by molar-refractivity contribution is 7.85. The van der Waals surface area contributed by atoms with Crippen LogP contribution in [0.15, 0.2) is 71.8 Å². The summed E-state index contributed by atoms with van der Waals surface area (Å²) < 4.78 is 30.5. The molecule has 9 nitrogen and oxygen atoms in total. The number of nitrogens with one attached hydrogen (secondary N) is 3. The van der Waals surface area contributed by atoms with Crippen molar-refractivity contribution in [3.8, 4) is 0 Å².